The lowest BCUT2D eigenvalue weighted by Crippen LogP contribution is -2.46. The van der Waals surface area contributed by atoms with Gasteiger partial charge in [-0.2, -0.15) is 0 Å². The van der Waals surface area contributed by atoms with Gasteiger partial charge in [0.25, 0.3) is 0 Å². The minimum absolute atomic E-state index is 0. The number of piperazine rings is 1. The van der Waals surface area contributed by atoms with Crippen molar-refractivity contribution < 1.29 is 9.53 Å². The lowest BCUT2D eigenvalue weighted by molar-refractivity contribution is -0.116. The highest BCUT2D eigenvalue weighted by Gasteiger charge is 2.19. The number of anilines is 2. The number of amides is 1. The van der Waals surface area contributed by atoms with E-state index in [1.165, 1.54) is 11.3 Å². The summed E-state index contributed by atoms with van der Waals surface area (Å²) in [6, 6.07) is 16.5. The highest BCUT2D eigenvalue weighted by atomic mass is 35.5. The van der Waals surface area contributed by atoms with Gasteiger partial charge in [-0.05, 0) is 61.6 Å². The molecule has 1 amide bonds. The second-order valence-corrected chi connectivity index (χ2v) is 8.79. The Morgan fingerprint density at radius 1 is 1.00 bits per heavy atom. The molecule has 1 fully saturated rings. The fourth-order valence-corrected chi connectivity index (χ4v) is 4.26. The summed E-state index contributed by atoms with van der Waals surface area (Å²) < 4.78 is 5.51. The maximum atomic E-state index is 12.2. The van der Waals surface area contributed by atoms with Crippen LogP contribution in [-0.4, -0.2) is 50.6 Å². The first-order valence-corrected chi connectivity index (χ1v) is 12.1. The van der Waals surface area contributed by atoms with E-state index in [9.17, 15) is 4.79 Å². The van der Waals surface area contributed by atoms with Crippen molar-refractivity contribution in [3.8, 4) is 5.75 Å². The van der Waals surface area contributed by atoms with Gasteiger partial charge in [0.15, 0.2) is 0 Å². The smallest absolute Gasteiger partial charge is 0.224 e. The Morgan fingerprint density at radius 2 is 1.70 bits per heavy atom. The van der Waals surface area contributed by atoms with E-state index in [4.69, 9.17) is 4.74 Å². The molecule has 2 aromatic rings. The van der Waals surface area contributed by atoms with Crippen LogP contribution in [-0.2, 0) is 4.79 Å². The molecular formula is C27H40ClN3O2. The van der Waals surface area contributed by atoms with E-state index in [1.807, 2.05) is 24.3 Å². The summed E-state index contributed by atoms with van der Waals surface area (Å²) in [4.78, 5) is 17.2. The molecule has 2 aromatic carbocycles. The summed E-state index contributed by atoms with van der Waals surface area (Å²) in [7, 11) is 1.74. The van der Waals surface area contributed by atoms with Gasteiger partial charge in [0.2, 0.25) is 5.91 Å². The lowest BCUT2D eigenvalue weighted by atomic mass is 9.99. The molecule has 1 atom stereocenters. The van der Waals surface area contributed by atoms with Crippen molar-refractivity contribution in [2.24, 2.45) is 0 Å². The van der Waals surface area contributed by atoms with Crippen molar-refractivity contribution in [3.05, 3.63) is 54.1 Å². The fourth-order valence-electron chi connectivity index (χ4n) is 4.26. The van der Waals surface area contributed by atoms with Crippen LogP contribution in [0.5, 0.6) is 5.75 Å². The molecule has 1 heterocycles. The standard InChI is InChI=1S/C27H39N3O2.ClH/c1-4-22(2)23-13-15-24(16-14-23)28-27(31)12-6-5-9-17-29-18-20-30(21-19-29)25-10-7-8-11-26(25)32-3;/h7-8,10-11,13-16,22H,4-6,9,12,17-21H2,1-3H3,(H,28,31);1H. The highest BCUT2D eigenvalue weighted by molar-refractivity contribution is 5.90. The van der Waals surface area contributed by atoms with Crippen LogP contribution in [0.1, 0.15) is 57.4 Å². The number of methoxy groups -OCH3 is 1. The van der Waals surface area contributed by atoms with E-state index in [-0.39, 0.29) is 18.3 Å². The summed E-state index contributed by atoms with van der Waals surface area (Å²) in [6.07, 6.45) is 4.90. The maximum Gasteiger partial charge on any atom is 0.224 e. The second kappa shape index (κ2) is 14.1. The number of rotatable bonds is 11. The molecule has 182 valence electrons. The minimum atomic E-state index is 0. The third-order valence-corrected chi connectivity index (χ3v) is 6.55. The van der Waals surface area contributed by atoms with Gasteiger partial charge in [-0.25, -0.2) is 0 Å². The SMILES string of the molecule is CCC(C)c1ccc(NC(=O)CCCCCN2CCN(c3ccccc3OC)CC2)cc1.Cl. The topological polar surface area (TPSA) is 44.8 Å². The Morgan fingerprint density at radius 3 is 2.36 bits per heavy atom. The van der Waals surface area contributed by atoms with E-state index in [0.717, 1.165) is 69.8 Å². The highest BCUT2D eigenvalue weighted by Crippen LogP contribution is 2.28. The van der Waals surface area contributed by atoms with E-state index >= 15 is 0 Å². The summed E-state index contributed by atoms with van der Waals surface area (Å²) >= 11 is 0. The molecule has 1 aliphatic rings. The van der Waals surface area contributed by atoms with E-state index < -0.39 is 0 Å². The van der Waals surface area contributed by atoms with Crippen LogP contribution in [0.4, 0.5) is 11.4 Å². The third-order valence-electron chi connectivity index (χ3n) is 6.55. The van der Waals surface area contributed by atoms with E-state index in [0.29, 0.717) is 12.3 Å². The molecule has 3 rings (SSSR count). The van der Waals surface area contributed by atoms with E-state index in [2.05, 4.69) is 53.2 Å². The van der Waals surface area contributed by atoms with Gasteiger partial charge in [-0.1, -0.05) is 44.5 Å². The summed E-state index contributed by atoms with van der Waals surface area (Å²) in [5.41, 5.74) is 3.42. The van der Waals surface area contributed by atoms with Gasteiger partial charge in [-0.15, -0.1) is 12.4 Å². The van der Waals surface area contributed by atoms with E-state index in [1.54, 1.807) is 7.11 Å². The zero-order valence-electron chi connectivity index (χ0n) is 20.4. The number of hydrogen-bond donors (Lipinski definition) is 1. The fraction of sp³-hybridized carbons (Fsp3) is 0.519. The number of nitrogens with zero attached hydrogens (tertiary/aromatic N) is 2. The number of carbonyl (C=O) groups is 1. The van der Waals surface area contributed by atoms with Crippen molar-refractivity contribution in [1.29, 1.82) is 0 Å². The van der Waals surface area contributed by atoms with Gasteiger partial charge >= 0.3 is 0 Å². The molecule has 5 nitrogen and oxygen atoms in total. The number of ether oxygens (including phenoxy) is 1. The van der Waals surface area contributed by atoms with Gasteiger partial charge in [0.1, 0.15) is 5.75 Å². The van der Waals surface area contributed by atoms with Crippen LogP contribution >= 0.6 is 12.4 Å². The number of para-hydroxylation sites is 2. The molecule has 0 bridgehead atoms. The first-order valence-electron chi connectivity index (χ1n) is 12.1. The second-order valence-electron chi connectivity index (χ2n) is 8.79. The van der Waals surface area contributed by atoms with Crippen LogP contribution in [0.25, 0.3) is 0 Å². The Hall–Kier alpha value is -2.24. The van der Waals surface area contributed by atoms with Crippen molar-refractivity contribution in [3.63, 3.8) is 0 Å². The number of hydrogen-bond acceptors (Lipinski definition) is 4. The Balaban J connectivity index is 0.00000385. The Labute approximate surface area is 205 Å². The van der Waals surface area contributed by atoms with Crippen molar-refractivity contribution in [1.82, 2.24) is 4.90 Å². The van der Waals surface area contributed by atoms with Crippen molar-refractivity contribution in [2.75, 3.05) is 50.1 Å². The summed E-state index contributed by atoms with van der Waals surface area (Å²) in [6.45, 7) is 9.74. The molecular weight excluding hydrogens is 434 g/mol. The Kier molecular flexibility index (Phi) is 11.6. The average molecular weight is 474 g/mol. The average Bonchev–Trinajstić information content (AvgIpc) is 2.84. The predicted molar refractivity (Wildman–Crippen MR) is 141 cm³/mol. The zero-order chi connectivity index (χ0) is 22.8. The number of carbonyl (C=O) groups excluding carboxylic acids is 1. The van der Waals surface area contributed by atoms with Crippen LogP contribution in [0.2, 0.25) is 0 Å². The monoisotopic (exact) mass is 473 g/mol. The van der Waals surface area contributed by atoms with Crippen LogP contribution < -0.4 is 15.0 Å². The predicted octanol–water partition coefficient (Wildman–Crippen LogP) is 5.95. The Bertz CT molecular complexity index is 836. The summed E-state index contributed by atoms with van der Waals surface area (Å²) in [5, 5.41) is 3.03. The molecule has 33 heavy (non-hydrogen) atoms. The van der Waals surface area contributed by atoms with Gasteiger partial charge in [-0.3, -0.25) is 9.69 Å². The molecule has 0 saturated carbocycles. The van der Waals surface area contributed by atoms with Crippen LogP contribution in [0.3, 0.4) is 0 Å². The molecule has 1 N–H and O–H groups in total. The molecule has 1 unspecified atom stereocenters. The molecule has 0 radical (unpaired) electrons. The number of unbranched alkanes of at least 4 members (excludes halogenated alkanes) is 2. The molecule has 6 heteroatoms. The molecule has 0 aliphatic carbocycles. The maximum absolute atomic E-state index is 12.2. The molecule has 0 aromatic heterocycles. The van der Waals surface area contributed by atoms with Crippen LogP contribution in [0.15, 0.2) is 48.5 Å². The first-order chi connectivity index (χ1) is 15.6. The van der Waals surface area contributed by atoms with Gasteiger partial charge in [0.05, 0.1) is 12.8 Å². The summed E-state index contributed by atoms with van der Waals surface area (Å²) in [5.74, 6) is 1.63. The lowest BCUT2D eigenvalue weighted by Gasteiger charge is -2.36. The molecule has 1 saturated heterocycles. The largest absolute Gasteiger partial charge is 0.495 e. The zero-order valence-corrected chi connectivity index (χ0v) is 21.2. The molecule has 1 aliphatic heterocycles. The third kappa shape index (κ3) is 8.24. The molecule has 0 spiro atoms. The van der Waals surface area contributed by atoms with Gasteiger partial charge < -0.3 is 15.0 Å². The quantitative estimate of drug-likeness (QED) is 0.409. The number of nitrogens with one attached hydrogen (secondary N) is 1. The first kappa shape index (κ1) is 27.0. The van der Waals surface area contributed by atoms with Crippen molar-refractivity contribution in [2.45, 2.75) is 51.9 Å². The van der Waals surface area contributed by atoms with Crippen molar-refractivity contribution >= 4 is 29.7 Å². The van der Waals surface area contributed by atoms with Crippen LogP contribution in [0, 0.1) is 0 Å². The normalized spacial score (nSPS) is 14.9. The number of benzene rings is 2. The van der Waals surface area contributed by atoms with Gasteiger partial charge in [0, 0.05) is 38.3 Å². The number of halogens is 1. The minimum Gasteiger partial charge on any atom is -0.495 e.